The Morgan fingerprint density at radius 1 is 1.47 bits per heavy atom. The molecule has 17 heavy (non-hydrogen) atoms. The largest absolute Gasteiger partial charge is 0.389 e. The predicted octanol–water partition coefficient (Wildman–Crippen LogP) is 2.01. The average Bonchev–Trinajstić information content (AvgIpc) is 2.67. The van der Waals surface area contributed by atoms with Crippen molar-refractivity contribution in [2.75, 3.05) is 0 Å². The number of nitrogens with two attached hydrogens (primary N) is 1. The highest BCUT2D eigenvalue weighted by Gasteiger charge is 2.06. The first-order chi connectivity index (χ1) is 8.06. The summed E-state index contributed by atoms with van der Waals surface area (Å²) in [6, 6.07) is 6.49. The molecule has 0 aliphatic heterocycles. The number of rotatable bonds is 3. The molecule has 1 heterocycles. The lowest BCUT2D eigenvalue weighted by Crippen LogP contribution is -2.11. The Balaban J connectivity index is 2.31. The van der Waals surface area contributed by atoms with E-state index in [0.29, 0.717) is 17.7 Å². The fourth-order valence-electron chi connectivity index (χ4n) is 1.57. The van der Waals surface area contributed by atoms with E-state index in [2.05, 4.69) is 5.10 Å². The first-order valence-corrected chi connectivity index (χ1v) is 5.55. The van der Waals surface area contributed by atoms with Gasteiger partial charge in [-0.2, -0.15) is 5.10 Å². The van der Waals surface area contributed by atoms with Crippen molar-refractivity contribution in [2.45, 2.75) is 13.5 Å². The summed E-state index contributed by atoms with van der Waals surface area (Å²) in [7, 11) is 0. The highest BCUT2D eigenvalue weighted by Crippen LogP contribution is 2.12. The van der Waals surface area contributed by atoms with Crippen molar-refractivity contribution in [2.24, 2.45) is 5.73 Å². The predicted molar refractivity (Wildman–Crippen MR) is 68.4 cm³/mol. The third-order valence-corrected chi connectivity index (χ3v) is 2.67. The third kappa shape index (κ3) is 2.68. The van der Waals surface area contributed by atoms with Crippen LogP contribution in [0.25, 0.3) is 0 Å². The molecule has 0 spiro atoms. The zero-order valence-electron chi connectivity index (χ0n) is 9.35. The highest BCUT2D eigenvalue weighted by molar-refractivity contribution is 7.80. The molecule has 0 bridgehead atoms. The normalized spacial score (nSPS) is 10.5. The summed E-state index contributed by atoms with van der Waals surface area (Å²) in [5.74, 6) is -0.279. The summed E-state index contributed by atoms with van der Waals surface area (Å²) >= 11 is 4.87. The van der Waals surface area contributed by atoms with E-state index in [1.165, 1.54) is 6.07 Å². The Hall–Kier alpha value is -1.75. The van der Waals surface area contributed by atoms with E-state index in [1.54, 1.807) is 16.8 Å². The van der Waals surface area contributed by atoms with Crippen LogP contribution in [0.15, 0.2) is 30.5 Å². The van der Waals surface area contributed by atoms with Gasteiger partial charge in [0.05, 0.1) is 12.2 Å². The van der Waals surface area contributed by atoms with Crippen LogP contribution in [-0.4, -0.2) is 14.8 Å². The molecule has 2 N–H and O–H groups in total. The van der Waals surface area contributed by atoms with Crippen LogP contribution in [-0.2, 0) is 6.54 Å². The smallest absolute Gasteiger partial charge is 0.128 e. The van der Waals surface area contributed by atoms with Crippen LogP contribution in [0.5, 0.6) is 0 Å². The molecule has 0 radical (unpaired) electrons. The maximum absolute atomic E-state index is 13.6. The topological polar surface area (TPSA) is 43.8 Å². The van der Waals surface area contributed by atoms with Crippen LogP contribution in [0.4, 0.5) is 4.39 Å². The van der Waals surface area contributed by atoms with Crippen molar-refractivity contribution < 1.29 is 4.39 Å². The van der Waals surface area contributed by atoms with Gasteiger partial charge in [-0.3, -0.25) is 4.68 Å². The van der Waals surface area contributed by atoms with E-state index < -0.39 is 0 Å². The van der Waals surface area contributed by atoms with E-state index in [-0.39, 0.29) is 10.8 Å². The minimum atomic E-state index is -0.279. The molecule has 2 aromatic rings. The van der Waals surface area contributed by atoms with Crippen LogP contribution < -0.4 is 5.73 Å². The lowest BCUT2D eigenvalue weighted by Gasteiger charge is -2.06. The molecule has 0 aliphatic carbocycles. The number of benzene rings is 1. The van der Waals surface area contributed by atoms with Gasteiger partial charge in [0.1, 0.15) is 10.8 Å². The van der Waals surface area contributed by atoms with Crippen LogP contribution in [0.2, 0.25) is 0 Å². The van der Waals surface area contributed by atoms with E-state index in [1.807, 2.05) is 19.2 Å². The zero-order chi connectivity index (χ0) is 12.4. The maximum atomic E-state index is 13.6. The minimum Gasteiger partial charge on any atom is -0.389 e. The van der Waals surface area contributed by atoms with Gasteiger partial charge in [-0.25, -0.2) is 4.39 Å². The molecule has 0 aliphatic rings. The fourth-order valence-corrected chi connectivity index (χ4v) is 1.70. The van der Waals surface area contributed by atoms with E-state index in [9.17, 15) is 4.39 Å². The average molecular weight is 249 g/mol. The van der Waals surface area contributed by atoms with Gasteiger partial charge < -0.3 is 5.73 Å². The quantitative estimate of drug-likeness (QED) is 0.846. The number of halogens is 1. The SMILES string of the molecule is Cc1ccn(Cc2cc(C(N)=S)ccc2F)n1. The molecule has 2 rings (SSSR count). The molecule has 0 amide bonds. The van der Waals surface area contributed by atoms with Crippen molar-refractivity contribution in [1.29, 1.82) is 0 Å². The Morgan fingerprint density at radius 2 is 2.24 bits per heavy atom. The van der Waals surface area contributed by atoms with Crippen molar-refractivity contribution in [3.63, 3.8) is 0 Å². The molecule has 5 heteroatoms. The summed E-state index contributed by atoms with van der Waals surface area (Å²) < 4.78 is 15.3. The summed E-state index contributed by atoms with van der Waals surface area (Å²) in [4.78, 5) is 0.267. The molecule has 0 atom stereocenters. The summed E-state index contributed by atoms with van der Waals surface area (Å²) in [5, 5.41) is 4.21. The molecule has 0 fully saturated rings. The standard InChI is InChI=1S/C12H12FN3S/c1-8-4-5-16(15-8)7-10-6-9(12(14)17)2-3-11(10)13/h2-6H,7H2,1H3,(H2,14,17). The number of thiocarbonyl (C=S) groups is 1. The zero-order valence-corrected chi connectivity index (χ0v) is 10.2. The molecular weight excluding hydrogens is 237 g/mol. The van der Waals surface area contributed by atoms with Gasteiger partial charge in [-0.05, 0) is 31.2 Å². The molecule has 0 unspecified atom stereocenters. The molecule has 0 saturated heterocycles. The van der Waals surface area contributed by atoms with E-state index in [4.69, 9.17) is 18.0 Å². The summed E-state index contributed by atoms with van der Waals surface area (Å²) in [6.45, 7) is 2.26. The Kier molecular flexibility index (Phi) is 3.19. The van der Waals surface area contributed by atoms with Crippen molar-refractivity contribution in [3.05, 3.63) is 53.1 Å². The number of aromatic nitrogens is 2. The van der Waals surface area contributed by atoms with Crippen molar-refractivity contribution >= 4 is 17.2 Å². The Labute approximate surface area is 104 Å². The van der Waals surface area contributed by atoms with Gasteiger partial charge in [-0.1, -0.05) is 12.2 Å². The van der Waals surface area contributed by atoms with Crippen molar-refractivity contribution in [3.8, 4) is 0 Å². The highest BCUT2D eigenvalue weighted by atomic mass is 32.1. The van der Waals surface area contributed by atoms with Gasteiger partial charge in [-0.15, -0.1) is 0 Å². The van der Waals surface area contributed by atoms with Gasteiger partial charge in [0.2, 0.25) is 0 Å². The summed E-state index contributed by atoms with van der Waals surface area (Å²) in [5.41, 5.74) is 7.61. The maximum Gasteiger partial charge on any atom is 0.128 e. The van der Waals surface area contributed by atoms with Crippen LogP contribution >= 0.6 is 12.2 Å². The monoisotopic (exact) mass is 249 g/mol. The molecule has 0 saturated carbocycles. The fraction of sp³-hybridized carbons (Fsp3) is 0.167. The number of nitrogens with zero attached hydrogens (tertiary/aromatic N) is 2. The van der Waals surface area contributed by atoms with Crippen molar-refractivity contribution in [1.82, 2.24) is 9.78 Å². The van der Waals surface area contributed by atoms with Crippen LogP contribution in [0.1, 0.15) is 16.8 Å². The first-order valence-electron chi connectivity index (χ1n) is 5.14. The number of aryl methyl sites for hydroxylation is 1. The molecular formula is C12H12FN3S. The van der Waals surface area contributed by atoms with Gasteiger partial charge in [0.15, 0.2) is 0 Å². The molecule has 3 nitrogen and oxygen atoms in total. The van der Waals surface area contributed by atoms with Gasteiger partial charge >= 0.3 is 0 Å². The lowest BCUT2D eigenvalue weighted by atomic mass is 10.1. The van der Waals surface area contributed by atoms with E-state index in [0.717, 1.165) is 5.69 Å². The molecule has 1 aromatic carbocycles. The van der Waals surface area contributed by atoms with Gasteiger partial charge in [0, 0.05) is 17.3 Å². The number of hydrogen-bond donors (Lipinski definition) is 1. The van der Waals surface area contributed by atoms with Gasteiger partial charge in [0.25, 0.3) is 0 Å². The second-order valence-electron chi connectivity index (χ2n) is 3.83. The molecule has 88 valence electrons. The lowest BCUT2D eigenvalue weighted by molar-refractivity contribution is 0.584. The molecule has 1 aromatic heterocycles. The summed E-state index contributed by atoms with van der Waals surface area (Å²) in [6.07, 6.45) is 1.81. The number of hydrogen-bond acceptors (Lipinski definition) is 2. The first kappa shape index (κ1) is 11.7. The van der Waals surface area contributed by atoms with Crippen LogP contribution in [0, 0.1) is 12.7 Å². The minimum absolute atomic E-state index is 0.267. The third-order valence-electron chi connectivity index (χ3n) is 2.44. The second kappa shape index (κ2) is 4.63. The van der Waals surface area contributed by atoms with Crippen LogP contribution in [0.3, 0.4) is 0 Å². The second-order valence-corrected chi connectivity index (χ2v) is 4.26. The Morgan fingerprint density at radius 3 is 2.82 bits per heavy atom. The van der Waals surface area contributed by atoms with E-state index >= 15 is 0 Å². The Bertz CT molecular complexity index is 563.